The molecule has 0 radical (unpaired) electrons. The predicted molar refractivity (Wildman–Crippen MR) is 61.8 cm³/mol. The number of aliphatic hydroxyl groups is 1. The summed E-state index contributed by atoms with van der Waals surface area (Å²) in [6.07, 6.45) is 3.63. The molecule has 1 aromatic rings. The summed E-state index contributed by atoms with van der Waals surface area (Å²) in [6, 6.07) is 10.3. The Hall–Kier alpha value is -0.860. The fraction of sp³-hybridized carbons (Fsp3) is 0.538. The molecule has 15 heavy (non-hydrogen) atoms. The minimum Gasteiger partial charge on any atom is -0.389 e. The highest BCUT2D eigenvalue weighted by Crippen LogP contribution is 2.24. The van der Waals surface area contributed by atoms with Gasteiger partial charge in [-0.2, -0.15) is 0 Å². The van der Waals surface area contributed by atoms with Crippen LogP contribution in [0.15, 0.2) is 30.3 Å². The zero-order valence-electron chi connectivity index (χ0n) is 9.08. The first-order chi connectivity index (χ1) is 7.29. The monoisotopic (exact) mass is 205 g/mol. The van der Waals surface area contributed by atoms with Gasteiger partial charge >= 0.3 is 0 Å². The molecule has 1 atom stereocenters. The van der Waals surface area contributed by atoms with Gasteiger partial charge in [-0.1, -0.05) is 30.3 Å². The van der Waals surface area contributed by atoms with Gasteiger partial charge in [0.2, 0.25) is 0 Å². The van der Waals surface area contributed by atoms with Crippen LogP contribution in [0.2, 0.25) is 0 Å². The maximum absolute atomic E-state index is 10.5. The van der Waals surface area contributed by atoms with Gasteiger partial charge in [-0.25, -0.2) is 0 Å². The molecule has 2 nitrogen and oxygen atoms in total. The minimum atomic E-state index is -0.495. The van der Waals surface area contributed by atoms with E-state index in [2.05, 4.69) is 17.4 Å². The second kappa shape index (κ2) is 4.77. The van der Waals surface area contributed by atoms with Gasteiger partial charge in [0.15, 0.2) is 0 Å². The van der Waals surface area contributed by atoms with E-state index in [0.29, 0.717) is 0 Å². The first kappa shape index (κ1) is 10.7. The summed E-state index contributed by atoms with van der Waals surface area (Å²) in [5.41, 5.74) is 0.743. The lowest BCUT2D eigenvalue weighted by Gasteiger charge is -2.26. The van der Waals surface area contributed by atoms with E-state index >= 15 is 0 Å². The summed E-state index contributed by atoms with van der Waals surface area (Å²) in [6.45, 7) is 1.97. The predicted octanol–water partition coefficient (Wildman–Crippen LogP) is 1.73. The van der Waals surface area contributed by atoms with Crippen molar-refractivity contribution in [1.82, 2.24) is 5.32 Å². The maximum atomic E-state index is 10.5. The quantitative estimate of drug-likeness (QED) is 0.770. The summed E-state index contributed by atoms with van der Waals surface area (Å²) in [5.74, 6) is 0. The van der Waals surface area contributed by atoms with E-state index in [1.54, 1.807) is 0 Å². The molecule has 1 unspecified atom stereocenters. The number of benzene rings is 1. The second-order valence-electron chi connectivity index (χ2n) is 4.49. The van der Waals surface area contributed by atoms with Crippen LogP contribution in [0.3, 0.4) is 0 Å². The first-order valence-electron chi connectivity index (χ1n) is 5.76. The van der Waals surface area contributed by atoms with Crippen LogP contribution in [0.5, 0.6) is 0 Å². The molecule has 2 heteroatoms. The van der Waals surface area contributed by atoms with Gasteiger partial charge in [0.25, 0.3) is 0 Å². The summed E-state index contributed by atoms with van der Waals surface area (Å²) in [4.78, 5) is 0. The van der Waals surface area contributed by atoms with E-state index in [9.17, 15) is 5.11 Å². The molecular weight excluding hydrogens is 186 g/mol. The van der Waals surface area contributed by atoms with Crippen LogP contribution in [0.4, 0.5) is 0 Å². The van der Waals surface area contributed by atoms with Crippen molar-refractivity contribution in [3.63, 3.8) is 0 Å². The van der Waals surface area contributed by atoms with Crippen molar-refractivity contribution in [1.29, 1.82) is 0 Å². The molecule has 1 heterocycles. The second-order valence-corrected chi connectivity index (χ2v) is 4.49. The van der Waals surface area contributed by atoms with E-state index in [1.807, 2.05) is 18.2 Å². The molecule has 0 aromatic heterocycles. The lowest BCUT2D eigenvalue weighted by molar-refractivity contribution is 0.0285. The van der Waals surface area contributed by atoms with Gasteiger partial charge in [0.1, 0.15) is 0 Å². The van der Waals surface area contributed by atoms with Crippen molar-refractivity contribution in [2.24, 2.45) is 0 Å². The summed E-state index contributed by atoms with van der Waals surface area (Å²) >= 11 is 0. The summed E-state index contributed by atoms with van der Waals surface area (Å²) in [5, 5.41) is 13.8. The Morgan fingerprint density at radius 2 is 1.93 bits per heavy atom. The van der Waals surface area contributed by atoms with E-state index in [1.165, 1.54) is 5.56 Å². The molecule has 0 amide bonds. The number of hydrogen-bond donors (Lipinski definition) is 2. The molecule has 1 fully saturated rings. The van der Waals surface area contributed by atoms with Gasteiger partial charge in [-0.05, 0) is 37.9 Å². The highest BCUT2D eigenvalue weighted by molar-refractivity contribution is 5.17. The Labute approximate surface area is 91.3 Å². The summed E-state index contributed by atoms with van der Waals surface area (Å²) < 4.78 is 0. The van der Waals surface area contributed by atoms with Gasteiger partial charge in [0.05, 0.1) is 5.60 Å². The van der Waals surface area contributed by atoms with E-state index < -0.39 is 5.60 Å². The largest absolute Gasteiger partial charge is 0.389 e. The molecule has 82 valence electrons. The van der Waals surface area contributed by atoms with Crippen molar-refractivity contribution in [3.8, 4) is 0 Å². The zero-order chi connectivity index (χ0) is 10.6. The normalized spacial score (nSPS) is 27.3. The standard InChI is InChI=1S/C13H19NO/c15-13(7-4-9-14-10-8-13)11-12-5-2-1-3-6-12/h1-3,5-6,14-15H,4,7-11H2. The van der Waals surface area contributed by atoms with Crippen LogP contribution in [0.25, 0.3) is 0 Å². The lowest BCUT2D eigenvalue weighted by Crippen LogP contribution is -2.32. The van der Waals surface area contributed by atoms with Crippen molar-refractivity contribution in [3.05, 3.63) is 35.9 Å². The smallest absolute Gasteiger partial charge is 0.0700 e. The highest BCUT2D eigenvalue weighted by Gasteiger charge is 2.27. The van der Waals surface area contributed by atoms with Crippen LogP contribution in [0.1, 0.15) is 24.8 Å². The fourth-order valence-electron chi connectivity index (χ4n) is 2.27. The van der Waals surface area contributed by atoms with Gasteiger partial charge in [-0.3, -0.25) is 0 Å². The van der Waals surface area contributed by atoms with Crippen molar-refractivity contribution in [2.75, 3.05) is 13.1 Å². The Bertz CT molecular complexity index is 289. The number of hydrogen-bond acceptors (Lipinski definition) is 2. The van der Waals surface area contributed by atoms with Crippen molar-refractivity contribution >= 4 is 0 Å². The maximum Gasteiger partial charge on any atom is 0.0700 e. The Balaban J connectivity index is 2.02. The van der Waals surface area contributed by atoms with Gasteiger partial charge in [-0.15, -0.1) is 0 Å². The molecule has 1 aromatic carbocycles. The van der Waals surface area contributed by atoms with Gasteiger partial charge in [0, 0.05) is 6.42 Å². The Morgan fingerprint density at radius 3 is 2.73 bits per heavy atom. The fourth-order valence-corrected chi connectivity index (χ4v) is 2.27. The molecule has 0 spiro atoms. The Morgan fingerprint density at radius 1 is 1.13 bits per heavy atom. The third kappa shape index (κ3) is 3.05. The number of rotatable bonds is 2. The van der Waals surface area contributed by atoms with Crippen LogP contribution in [0, 0.1) is 0 Å². The SMILES string of the molecule is OC1(Cc2ccccc2)CCCNCC1. The van der Waals surface area contributed by atoms with Gasteiger partial charge < -0.3 is 10.4 Å². The topological polar surface area (TPSA) is 32.3 Å². The molecule has 1 aliphatic heterocycles. The average Bonchev–Trinajstić information content (AvgIpc) is 2.45. The van der Waals surface area contributed by atoms with E-state index in [-0.39, 0.29) is 0 Å². The highest BCUT2D eigenvalue weighted by atomic mass is 16.3. The first-order valence-corrected chi connectivity index (χ1v) is 5.76. The van der Waals surface area contributed by atoms with Crippen molar-refractivity contribution in [2.45, 2.75) is 31.3 Å². The molecule has 0 saturated carbocycles. The number of nitrogens with one attached hydrogen (secondary N) is 1. The third-order valence-corrected chi connectivity index (χ3v) is 3.14. The molecule has 2 rings (SSSR count). The lowest BCUT2D eigenvalue weighted by atomic mass is 9.88. The van der Waals surface area contributed by atoms with Crippen LogP contribution in [-0.2, 0) is 6.42 Å². The van der Waals surface area contributed by atoms with Crippen LogP contribution < -0.4 is 5.32 Å². The molecule has 2 N–H and O–H groups in total. The molecular formula is C13H19NO. The van der Waals surface area contributed by atoms with E-state index in [4.69, 9.17) is 0 Å². The minimum absolute atomic E-state index is 0.495. The molecule has 0 bridgehead atoms. The van der Waals surface area contributed by atoms with Crippen molar-refractivity contribution < 1.29 is 5.11 Å². The molecule has 1 saturated heterocycles. The van der Waals surface area contributed by atoms with Crippen LogP contribution >= 0.6 is 0 Å². The Kier molecular flexibility index (Phi) is 3.39. The average molecular weight is 205 g/mol. The molecule has 1 aliphatic rings. The summed E-state index contributed by atoms with van der Waals surface area (Å²) in [7, 11) is 0. The zero-order valence-corrected chi connectivity index (χ0v) is 9.08. The molecule has 0 aliphatic carbocycles. The van der Waals surface area contributed by atoms with E-state index in [0.717, 1.165) is 38.8 Å². The van der Waals surface area contributed by atoms with Crippen LogP contribution in [-0.4, -0.2) is 23.8 Å². The third-order valence-electron chi connectivity index (χ3n) is 3.14.